The normalized spacial score (nSPS) is 12.9. The summed E-state index contributed by atoms with van der Waals surface area (Å²) in [7, 11) is 0. The second-order valence-corrected chi connectivity index (χ2v) is 7.65. The maximum Gasteiger partial charge on any atom is 0.289 e. The largest absolute Gasteiger partial charge is 0.325 e. The maximum atomic E-state index is 12.1. The van der Waals surface area contributed by atoms with E-state index in [1.807, 2.05) is 24.3 Å². The molecular weight excluding hydrogens is 382 g/mol. The Morgan fingerprint density at radius 3 is 2.96 bits per heavy atom. The molecule has 0 saturated carbocycles. The number of hydrogen-bond acceptors (Lipinski definition) is 6. The molecule has 6 nitrogen and oxygen atoms in total. The average molecular weight is 394 g/mol. The lowest BCUT2D eigenvalue weighted by Gasteiger charge is -2.14. The minimum absolute atomic E-state index is 0.0315. The van der Waals surface area contributed by atoms with Crippen LogP contribution in [-0.4, -0.2) is 21.0 Å². The molecule has 1 amide bonds. The molecule has 0 aliphatic carbocycles. The summed E-state index contributed by atoms with van der Waals surface area (Å²) in [6, 6.07) is 12.1. The molecule has 9 heteroatoms. The molecule has 0 spiro atoms. The number of aliphatic imine (C=N–C) groups is 1. The molecule has 0 aromatic heterocycles. The Morgan fingerprint density at radius 2 is 2.16 bits per heavy atom. The molecule has 128 valence electrons. The molecule has 1 aliphatic heterocycles. The molecule has 3 rings (SSSR count). The lowest BCUT2D eigenvalue weighted by molar-refractivity contribution is -0.384. The summed E-state index contributed by atoms with van der Waals surface area (Å²) in [5.41, 5.74) is 2.20. The number of anilines is 1. The van der Waals surface area contributed by atoms with Crippen molar-refractivity contribution < 1.29 is 9.72 Å². The highest BCUT2D eigenvalue weighted by atomic mass is 35.5. The van der Waals surface area contributed by atoms with E-state index in [-0.39, 0.29) is 22.4 Å². The topological polar surface area (TPSA) is 84.6 Å². The van der Waals surface area contributed by atoms with Gasteiger partial charge in [-0.15, -0.1) is 0 Å². The lowest BCUT2D eigenvalue weighted by Crippen LogP contribution is -2.15. The van der Waals surface area contributed by atoms with Crippen molar-refractivity contribution in [2.45, 2.75) is 5.75 Å². The summed E-state index contributed by atoms with van der Waals surface area (Å²) >= 11 is 8.69. The van der Waals surface area contributed by atoms with Gasteiger partial charge in [-0.05, 0) is 23.8 Å². The zero-order chi connectivity index (χ0) is 17.8. The minimum atomic E-state index is -0.586. The molecule has 0 radical (unpaired) electrons. The SMILES string of the molecule is O=C(CSC1=Nc2ccccc2CS1)Nc1ccc(Cl)c([N+](=O)[O-])c1. The van der Waals surface area contributed by atoms with Crippen LogP contribution >= 0.6 is 35.1 Å². The van der Waals surface area contributed by atoms with Crippen molar-refractivity contribution in [3.63, 3.8) is 0 Å². The number of carbonyl (C=O) groups is 1. The Balaban J connectivity index is 1.60. The smallest absolute Gasteiger partial charge is 0.289 e. The van der Waals surface area contributed by atoms with E-state index in [9.17, 15) is 14.9 Å². The van der Waals surface area contributed by atoms with Crippen LogP contribution in [0.4, 0.5) is 17.1 Å². The number of nitrogens with zero attached hydrogens (tertiary/aromatic N) is 2. The van der Waals surface area contributed by atoms with Gasteiger partial charge in [0.15, 0.2) is 0 Å². The summed E-state index contributed by atoms with van der Waals surface area (Å²) in [6.07, 6.45) is 0. The van der Waals surface area contributed by atoms with Gasteiger partial charge < -0.3 is 5.32 Å². The van der Waals surface area contributed by atoms with E-state index in [1.54, 1.807) is 11.8 Å². The molecule has 1 N–H and O–H groups in total. The number of carbonyl (C=O) groups excluding carboxylic acids is 1. The van der Waals surface area contributed by atoms with E-state index in [4.69, 9.17) is 11.6 Å². The van der Waals surface area contributed by atoms with Gasteiger partial charge in [0.2, 0.25) is 5.91 Å². The Hall–Kier alpha value is -2.03. The Morgan fingerprint density at radius 1 is 1.36 bits per heavy atom. The van der Waals surface area contributed by atoms with Gasteiger partial charge in [-0.2, -0.15) is 0 Å². The molecule has 0 unspecified atom stereocenters. The number of nitro benzene ring substituents is 1. The quantitative estimate of drug-likeness (QED) is 0.592. The van der Waals surface area contributed by atoms with Crippen LogP contribution in [-0.2, 0) is 10.5 Å². The molecule has 25 heavy (non-hydrogen) atoms. The molecule has 0 atom stereocenters. The fourth-order valence-electron chi connectivity index (χ4n) is 2.14. The second kappa shape index (κ2) is 7.90. The average Bonchev–Trinajstić information content (AvgIpc) is 2.61. The Bertz CT molecular complexity index is 873. The standard InChI is InChI=1S/C16H12ClN3O3S2/c17-12-6-5-11(7-14(12)20(22)23)18-15(21)9-25-16-19-13-4-2-1-3-10(13)8-24-16/h1-7H,8-9H2,(H,18,21). The van der Waals surface area contributed by atoms with Gasteiger partial charge in [-0.3, -0.25) is 14.9 Å². The number of hydrogen-bond donors (Lipinski definition) is 1. The molecule has 0 bridgehead atoms. The molecule has 0 saturated heterocycles. The van der Waals surface area contributed by atoms with Gasteiger partial charge in [0.1, 0.15) is 9.40 Å². The number of amides is 1. The number of rotatable bonds is 4. The molecule has 2 aromatic rings. The van der Waals surface area contributed by atoms with Crippen LogP contribution in [0.1, 0.15) is 5.56 Å². The van der Waals surface area contributed by atoms with Crippen LogP contribution in [0.25, 0.3) is 0 Å². The number of nitrogens with one attached hydrogen (secondary N) is 1. The van der Waals surface area contributed by atoms with Gasteiger partial charge in [0.25, 0.3) is 5.69 Å². The number of thioether (sulfide) groups is 2. The van der Waals surface area contributed by atoms with Gasteiger partial charge in [-0.1, -0.05) is 53.3 Å². The second-order valence-electron chi connectivity index (χ2n) is 5.06. The number of fused-ring (bicyclic) bond motifs is 1. The summed E-state index contributed by atoms with van der Waals surface area (Å²) < 4.78 is 0.830. The van der Waals surface area contributed by atoms with Crippen molar-refractivity contribution >= 4 is 62.5 Å². The zero-order valence-corrected chi connectivity index (χ0v) is 15.2. The van der Waals surface area contributed by atoms with E-state index in [1.165, 1.54) is 35.5 Å². The fraction of sp³-hybridized carbons (Fsp3) is 0.125. The predicted molar refractivity (Wildman–Crippen MR) is 104 cm³/mol. The van der Waals surface area contributed by atoms with Gasteiger partial charge in [0.05, 0.1) is 16.4 Å². The fourth-order valence-corrected chi connectivity index (χ4v) is 4.19. The summed E-state index contributed by atoms with van der Waals surface area (Å²) in [4.78, 5) is 26.9. The first-order valence-electron chi connectivity index (χ1n) is 7.19. The molecule has 1 aliphatic rings. The number of halogens is 1. The Labute approximate surface area is 157 Å². The van der Waals surface area contributed by atoms with Gasteiger partial charge >= 0.3 is 0 Å². The first-order chi connectivity index (χ1) is 12.0. The van der Waals surface area contributed by atoms with Crippen molar-refractivity contribution in [1.82, 2.24) is 0 Å². The third-order valence-corrected chi connectivity index (χ3v) is 5.87. The van der Waals surface area contributed by atoms with Crippen molar-refractivity contribution in [3.05, 3.63) is 63.2 Å². The summed E-state index contributed by atoms with van der Waals surface area (Å²) in [5, 5.41) is 13.5. The van der Waals surface area contributed by atoms with Crippen molar-refractivity contribution in [2.24, 2.45) is 4.99 Å². The molecule has 0 fully saturated rings. The van der Waals surface area contributed by atoms with Gasteiger partial charge in [-0.25, -0.2) is 4.99 Å². The van der Waals surface area contributed by atoms with Crippen molar-refractivity contribution in [1.29, 1.82) is 0 Å². The minimum Gasteiger partial charge on any atom is -0.325 e. The third-order valence-electron chi connectivity index (χ3n) is 3.31. The molecule has 2 aromatic carbocycles. The van der Waals surface area contributed by atoms with Crippen LogP contribution in [0.15, 0.2) is 47.5 Å². The first kappa shape index (κ1) is 17.8. The highest BCUT2D eigenvalue weighted by Gasteiger charge is 2.16. The predicted octanol–water partition coefficient (Wildman–Crippen LogP) is 4.85. The van der Waals surface area contributed by atoms with Crippen LogP contribution in [0.3, 0.4) is 0 Å². The zero-order valence-electron chi connectivity index (χ0n) is 12.8. The highest BCUT2D eigenvalue weighted by Crippen LogP contribution is 2.34. The van der Waals surface area contributed by atoms with E-state index in [2.05, 4.69) is 10.3 Å². The number of nitro groups is 1. The van der Waals surface area contributed by atoms with E-state index >= 15 is 0 Å². The van der Waals surface area contributed by atoms with Gasteiger partial charge in [0, 0.05) is 17.5 Å². The van der Waals surface area contributed by atoms with Crippen LogP contribution in [0.5, 0.6) is 0 Å². The maximum absolute atomic E-state index is 12.1. The lowest BCUT2D eigenvalue weighted by atomic mass is 10.2. The number of benzene rings is 2. The third kappa shape index (κ3) is 4.53. The summed E-state index contributed by atoms with van der Waals surface area (Å²) in [5.74, 6) is 0.737. The van der Waals surface area contributed by atoms with Crippen LogP contribution in [0, 0.1) is 10.1 Å². The van der Waals surface area contributed by atoms with Crippen molar-refractivity contribution in [3.8, 4) is 0 Å². The monoisotopic (exact) mass is 393 g/mol. The molecule has 1 heterocycles. The van der Waals surface area contributed by atoms with Crippen LogP contribution < -0.4 is 5.32 Å². The van der Waals surface area contributed by atoms with E-state index in [0.29, 0.717) is 5.69 Å². The van der Waals surface area contributed by atoms with E-state index in [0.717, 1.165) is 15.8 Å². The van der Waals surface area contributed by atoms with Crippen LogP contribution in [0.2, 0.25) is 5.02 Å². The summed E-state index contributed by atoms with van der Waals surface area (Å²) in [6.45, 7) is 0. The number of para-hydroxylation sites is 1. The highest BCUT2D eigenvalue weighted by molar-refractivity contribution is 8.38. The van der Waals surface area contributed by atoms with E-state index < -0.39 is 4.92 Å². The van der Waals surface area contributed by atoms with Crippen molar-refractivity contribution in [2.75, 3.05) is 11.1 Å². The Kier molecular flexibility index (Phi) is 5.62. The first-order valence-corrected chi connectivity index (χ1v) is 9.54. The molecular formula is C16H12ClN3O3S2.